The third-order valence-electron chi connectivity index (χ3n) is 6.95. The van der Waals surface area contributed by atoms with Gasteiger partial charge in [-0.1, -0.05) is 24.6 Å². The number of fused-ring (bicyclic) bond motifs is 1. The number of hydrogen-bond donors (Lipinski definition) is 1. The van der Waals surface area contributed by atoms with Gasteiger partial charge in [0, 0.05) is 49.8 Å². The number of piperazine rings is 1. The van der Waals surface area contributed by atoms with Crippen molar-refractivity contribution in [1.82, 2.24) is 24.8 Å². The number of rotatable bonds is 8. The summed E-state index contributed by atoms with van der Waals surface area (Å²) in [5, 5.41) is 0. The van der Waals surface area contributed by atoms with Gasteiger partial charge in [-0.25, -0.2) is 9.97 Å². The maximum absolute atomic E-state index is 13.5. The highest BCUT2D eigenvalue weighted by molar-refractivity contribution is 5.96. The van der Waals surface area contributed by atoms with Gasteiger partial charge in [0.25, 0.3) is 11.9 Å². The summed E-state index contributed by atoms with van der Waals surface area (Å²) in [5.74, 6) is 1.30. The van der Waals surface area contributed by atoms with Crippen molar-refractivity contribution in [2.24, 2.45) is 0 Å². The Bertz CT molecular complexity index is 1510. The molecule has 0 aliphatic carbocycles. The number of imidazole rings is 1. The van der Waals surface area contributed by atoms with Gasteiger partial charge in [0.1, 0.15) is 18.2 Å². The van der Waals surface area contributed by atoms with Gasteiger partial charge in [-0.15, -0.1) is 0 Å². The summed E-state index contributed by atoms with van der Waals surface area (Å²) in [6.07, 6.45) is 8.66. The van der Waals surface area contributed by atoms with E-state index in [0.29, 0.717) is 67.2 Å². The second kappa shape index (κ2) is 11.6. The molecule has 1 aliphatic rings. The molecule has 4 aromatic rings. The first-order valence-corrected chi connectivity index (χ1v) is 13.3. The summed E-state index contributed by atoms with van der Waals surface area (Å²) in [6.45, 7) is 11.0. The average molecular weight is 527 g/mol. The topological polar surface area (TPSA) is 100 Å². The zero-order valence-corrected chi connectivity index (χ0v) is 22.9. The third kappa shape index (κ3) is 5.87. The molecule has 202 valence electrons. The van der Waals surface area contributed by atoms with Gasteiger partial charge in [-0.3, -0.25) is 4.79 Å². The molecule has 4 heterocycles. The van der Waals surface area contributed by atoms with Gasteiger partial charge >= 0.3 is 0 Å². The maximum atomic E-state index is 13.5. The van der Waals surface area contributed by atoms with Crippen molar-refractivity contribution in [3.8, 4) is 17.1 Å². The minimum atomic E-state index is -0.0282. The van der Waals surface area contributed by atoms with E-state index in [1.807, 2.05) is 49.1 Å². The van der Waals surface area contributed by atoms with E-state index in [9.17, 15) is 4.79 Å². The summed E-state index contributed by atoms with van der Waals surface area (Å²) in [4.78, 5) is 34.0. The first-order valence-electron chi connectivity index (χ1n) is 13.3. The lowest BCUT2D eigenvalue weighted by Crippen LogP contribution is -2.48. The van der Waals surface area contributed by atoms with Crippen LogP contribution in [0.25, 0.3) is 22.6 Å². The van der Waals surface area contributed by atoms with E-state index in [0.717, 1.165) is 23.3 Å². The smallest absolute Gasteiger partial charge is 0.300 e. The minimum Gasteiger partial charge on any atom is -0.488 e. The number of nitrogens with one attached hydrogen (secondary N) is 1. The maximum Gasteiger partial charge on any atom is 0.300 e. The number of carbonyl (C=O) groups is 1. The van der Waals surface area contributed by atoms with Gasteiger partial charge in [0.2, 0.25) is 5.65 Å². The summed E-state index contributed by atoms with van der Waals surface area (Å²) >= 11 is 0. The van der Waals surface area contributed by atoms with Crippen molar-refractivity contribution in [3.63, 3.8) is 0 Å². The van der Waals surface area contributed by atoms with Crippen LogP contribution in [0.4, 0.5) is 6.01 Å². The Kier molecular flexibility index (Phi) is 7.76. The fourth-order valence-corrected chi connectivity index (χ4v) is 4.49. The monoisotopic (exact) mass is 526 g/mol. The number of H-pyrrole nitrogens is 1. The number of benzene rings is 1. The van der Waals surface area contributed by atoms with E-state index < -0.39 is 0 Å². The predicted octanol–water partition coefficient (Wildman–Crippen LogP) is 5.57. The number of oxazole rings is 1. The van der Waals surface area contributed by atoms with Crippen LogP contribution in [0, 0.1) is 6.92 Å². The Hall–Kier alpha value is -4.40. The highest BCUT2D eigenvalue weighted by Gasteiger charge is 2.26. The van der Waals surface area contributed by atoms with E-state index in [-0.39, 0.29) is 5.91 Å². The Balaban J connectivity index is 1.29. The normalized spacial score (nSPS) is 14.8. The second-order valence-corrected chi connectivity index (χ2v) is 9.70. The number of ether oxygens (including phenoxy) is 1. The number of hydrogen-bond acceptors (Lipinski definition) is 7. The number of carbonyl (C=O) groups excluding carboxylic acids is 1. The molecule has 1 fully saturated rings. The number of amides is 1. The molecule has 1 aromatic carbocycles. The summed E-state index contributed by atoms with van der Waals surface area (Å²) < 4.78 is 12.1. The van der Waals surface area contributed by atoms with Crippen LogP contribution in [-0.2, 0) is 0 Å². The number of allylic oxidation sites excluding steroid dienone is 2. The Morgan fingerprint density at radius 2 is 1.97 bits per heavy atom. The SMILES string of the molecule is C/C=C(\C=C(\C)CC)COc1ccc(C(=O)N2CCN(c3nc4nc(C)ccc4o3)CC2)cc1-c1ncc[nH]1. The molecule has 0 spiro atoms. The lowest BCUT2D eigenvalue weighted by Gasteiger charge is -2.33. The molecule has 0 radical (unpaired) electrons. The van der Waals surface area contributed by atoms with Crippen LogP contribution in [0.3, 0.4) is 0 Å². The molecule has 5 rings (SSSR count). The molecule has 39 heavy (non-hydrogen) atoms. The van der Waals surface area contributed by atoms with Crippen LogP contribution in [-0.4, -0.2) is 63.5 Å². The number of nitrogens with zero attached hydrogens (tertiary/aromatic N) is 5. The number of pyridine rings is 1. The second-order valence-electron chi connectivity index (χ2n) is 9.70. The number of aromatic amines is 1. The largest absolute Gasteiger partial charge is 0.488 e. The fourth-order valence-electron chi connectivity index (χ4n) is 4.49. The summed E-state index contributed by atoms with van der Waals surface area (Å²) in [5.41, 5.74) is 5.91. The van der Waals surface area contributed by atoms with E-state index in [1.54, 1.807) is 12.4 Å². The van der Waals surface area contributed by atoms with Crippen molar-refractivity contribution in [2.45, 2.75) is 34.1 Å². The standard InChI is InChI=1S/C30H34N6O3/c1-5-20(3)17-22(6-2)19-38-25-10-8-23(18-24(25)27-31-11-12-32-27)29(37)35-13-15-36(16-14-35)30-34-28-26(39-30)9-7-21(4)33-28/h6-12,17-18H,5,13-16,19H2,1-4H3,(H,31,32)/b20-17-,22-6+. The zero-order chi connectivity index (χ0) is 27.4. The minimum absolute atomic E-state index is 0.0282. The molecule has 0 unspecified atom stereocenters. The molecule has 1 N–H and O–H groups in total. The van der Waals surface area contributed by atoms with Gasteiger partial charge in [0.15, 0.2) is 5.58 Å². The third-order valence-corrected chi connectivity index (χ3v) is 6.95. The van der Waals surface area contributed by atoms with Crippen molar-refractivity contribution in [3.05, 3.63) is 77.3 Å². The van der Waals surface area contributed by atoms with Gasteiger partial charge in [-0.2, -0.15) is 4.98 Å². The van der Waals surface area contributed by atoms with Crippen LogP contribution < -0.4 is 9.64 Å². The van der Waals surface area contributed by atoms with Crippen molar-refractivity contribution < 1.29 is 13.9 Å². The van der Waals surface area contributed by atoms with Crippen molar-refractivity contribution in [1.29, 1.82) is 0 Å². The molecular weight excluding hydrogens is 492 g/mol. The summed E-state index contributed by atoms with van der Waals surface area (Å²) in [6, 6.07) is 9.89. The molecule has 1 aliphatic heterocycles. The van der Waals surface area contributed by atoms with Crippen LogP contribution in [0.1, 0.15) is 43.2 Å². The lowest BCUT2D eigenvalue weighted by atomic mass is 10.1. The zero-order valence-electron chi connectivity index (χ0n) is 22.9. The van der Waals surface area contributed by atoms with Gasteiger partial charge < -0.3 is 23.9 Å². The molecule has 3 aromatic heterocycles. The molecule has 1 amide bonds. The number of anilines is 1. The van der Waals surface area contributed by atoms with Crippen LogP contribution in [0.2, 0.25) is 0 Å². The van der Waals surface area contributed by atoms with E-state index in [2.05, 4.69) is 50.8 Å². The highest BCUT2D eigenvalue weighted by Crippen LogP contribution is 2.30. The molecule has 0 atom stereocenters. The van der Waals surface area contributed by atoms with Gasteiger partial charge in [0.05, 0.1) is 5.56 Å². The van der Waals surface area contributed by atoms with E-state index in [4.69, 9.17) is 9.15 Å². The predicted molar refractivity (Wildman–Crippen MR) is 152 cm³/mol. The molecule has 1 saturated heterocycles. The summed E-state index contributed by atoms with van der Waals surface area (Å²) in [7, 11) is 0. The van der Waals surface area contributed by atoms with Crippen LogP contribution in [0.5, 0.6) is 5.75 Å². The molecule has 0 bridgehead atoms. The Labute approximate surface area is 228 Å². The van der Waals surface area contributed by atoms with E-state index >= 15 is 0 Å². The number of aromatic nitrogens is 4. The average Bonchev–Trinajstić information content (AvgIpc) is 3.65. The molecular formula is C30H34N6O3. The highest BCUT2D eigenvalue weighted by atomic mass is 16.5. The molecule has 9 heteroatoms. The first-order chi connectivity index (χ1) is 18.9. The first kappa shape index (κ1) is 26.2. The fraction of sp³-hybridized carbons (Fsp3) is 0.333. The van der Waals surface area contributed by atoms with Crippen LogP contribution in [0.15, 0.2) is 70.4 Å². The lowest BCUT2D eigenvalue weighted by molar-refractivity contribution is 0.0745. The van der Waals surface area contributed by atoms with E-state index in [1.165, 1.54) is 5.57 Å². The van der Waals surface area contributed by atoms with Crippen molar-refractivity contribution >= 4 is 23.2 Å². The number of aryl methyl sites for hydroxylation is 1. The van der Waals surface area contributed by atoms with Crippen LogP contribution >= 0.6 is 0 Å². The molecule has 9 nitrogen and oxygen atoms in total. The Morgan fingerprint density at radius 1 is 1.15 bits per heavy atom. The van der Waals surface area contributed by atoms with Crippen molar-refractivity contribution in [2.75, 3.05) is 37.7 Å². The Morgan fingerprint density at radius 3 is 2.69 bits per heavy atom. The quantitative estimate of drug-likeness (QED) is 0.300. The molecule has 0 saturated carbocycles. The van der Waals surface area contributed by atoms with Gasteiger partial charge in [-0.05, 0) is 63.1 Å².